The highest BCUT2D eigenvalue weighted by molar-refractivity contribution is 5.86. The molecule has 0 bridgehead atoms. The Bertz CT molecular complexity index is 266. The predicted molar refractivity (Wildman–Crippen MR) is 82.2 cm³/mol. The summed E-state index contributed by atoms with van der Waals surface area (Å²) in [6, 6.07) is 0.383. The van der Waals surface area contributed by atoms with E-state index in [2.05, 4.69) is 17.1 Å². The van der Waals surface area contributed by atoms with Gasteiger partial charge in [-0.05, 0) is 27.7 Å². The van der Waals surface area contributed by atoms with Gasteiger partial charge in [0, 0.05) is 25.2 Å². The van der Waals surface area contributed by atoms with Crippen molar-refractivity contribution in [3.63, 3.8) is 0 Å². The fourth-order valence-corrected chi connectivity index (χ4v) is 1.81. The monoisotopic (exact) mass is 315 g/mol. The summed E-state index contributed by atoms with van der Waals surface area (Å²) >= 11 is 0. The molecule has 3 N–H and O–H groups in total. The maximum absolute atomic E-state index is 11.8. The van der Waals surface area contributed by atoms with Gasteiger partial charge in [-0.25, -0.2) is 0 Å². The molecule has 0 spiro atoms. The van der Waals surface area contributed by atoms with E-state index in [0.717, 1.165) is 26.3 Å². The van der Waals surface area contributed by atoms with Crippen LogP contribution in [-0.2, 0) is 9.53 Å². The smallest absolute Gasteiger partial charge is 0.239 e. The second-order valence-corrected chi connectivity index (χ2v) is 5.37. The maximum atomic E-state index is 11.8. The minimum Gasteiger partial charge on any atom is -0.379 e. The maximum Gasteiger partial charge on any atom is 0.239 e. The highest BCUT2D eigenvalue weighted by atomic mass is 35.5. The van der Waals surface area contributed by atoms with E-state index >= 15 is 0 Å². The molecule has 0 aromatic heterocycles. The molecule has 0 aromatic rings. The summed E-state index contributed by atoms with van der Waals surface area (Å²) in [5, 5.41) is 2.97. The van der Waals surface area contributed by atoms with Crippen molar-refractivity contribution >= 4 is 30.7 Å². The first-order valence-electron chi connectivity index (χ1n) is 6.24. The number of ether oxygens (including phenoxy) is 1. The van der Waals surface area contributed by atoms with Gasteiger partial charge in [-0.15, -0.1) is 24.8 Å². The second kappa shape index (κ2) is 8.97. The molecule has 1 heterocycles. The molecule has 19 heavy (non-hydrogen) atoms. The van der Waals surface area contributed by atoms with Gasteiger partial charge in [-0.2, -0.15) is 0 Å². The van der Waals surface area contributed by atoms with E-state index in [-0.39, 0.29) is 36.8 Å². The molecule has 7 heteroatoms. The minimum absolute atomic E-state index is 0. The Kier molecular flexibility index (Phi) is 10.0. The molecule has 1 rings (SSSR count). The summed E-state index contributed by atoms with van der Waals surface area (Å²) in [7, 11) is 0. The minimum atomic E-state index is -0.820. The fraction of sp³-hybridized carbons (Fsp3) is 0.917. The van der Waals surface area contributed by atoms with Crippen LogP contribution in [0.1, 0.15) is 27.7 Å². The lowest BCUT2D eigenvalue weighted by molar-refractivity contribution is -0.126. The van der Waals surface area contributed by atoms with Gasteiger partial charge in [0.1, 0.15) is 0 Å². The molecule has 1 saturated heterocycles. The fourth-order valence-electron chi connectivity index (χ4n) is 1.81. The summed E-state index contributed by atoms with van der Waals surface area (Å²) < 4.78 is 5.32. The topological polar surface area (TPSA) is 67.6 Å². The lowest BCUT2D eigenvalue weighted by Gasteiger charge is -2.36. The van der Waals surface area contributed by atoms with Crippen LogP contribution in [0.3, 0.4) is 0 Å². The molecule has 1 aliphatic heterocycles. The summed E-state index contributed by atoms with van der Waals surface area (Å²) in [5.74, 6) is -0.106. The van der Waals surface area contributed by atoms with E-state index < -0.39 is 5.54 Å². The van der Waals surface area contributed by atoms with E-state index in [1.807, 2.05) is 6.92 Å². The van der Waals surface area contributed by atoms with Gasteiger partial charge in [0.15, 0.2) is 0 Å². The second-order valence-electron chi connectivity index (χ2n) is 5.37. The molecule has 0 saturated carbocycles. The van der Waals surface area contributed by atoms with E-state index in [4.69, 9.17) is 10.5 Å². The zero-order valence-corrected chi connectivity index (χ0v) is 13.8. The van der Waals surface area contributed by atoms with Crippen molar-refractivity contribution in [3.05, 3.63) is 0 Å². The van der Waals surface area contributed by atoms with Crippen molar-refractivity contribution in [1.29, 1.82) is 0 Å². The molecule has 5 nitrogen and oxygen atoms in total. The zero-order chi connectivity index (χ0) is 13.1. The van der Waals surface area contributed by atoms with Crippen LogP contribution in [0.15, 0.2) is 0 Å². The summed E-state index contributed by atoms with van der Waals surface area (Å²) in [5.41, 5.74) is 4.94. The summed E-state index contributed by atoms with van der Waals surface area (Å²) in [6.45, 7) is 11.0. The third kappa shape index (κ3) is 6.77. The van der Waals surface area contributed by atoms with Gasteiger partial charge in [0.25, 0.3) is 0 Å². The van der Waals surface area contributed by atoms with E-state index in [1.165, 1.54) is 0 Å². The SMILES string of the molecule is CC(NC(=O)C(C)(C)N)C(C)N1CCOCC1.Cl.Cl. The average molecular weight is 316 g/mol. The van der Waals surface area contributed by atoms with Crippen LogP contribution in [0.25, 0.3) is 0 Å². The first-order chi connectivity index (χ1) is 7.82. The molecule has 0 aromatic carbocycles. The normalized spacial score (nSPS) is 19.6. The van der Waals surface area contributed by atoms with E-state index in [9.17, 15) is 4.79 Å². The Labute approximate surface area is 128 Å². The molecule has 1 aliphatic rings. The molecule has 116 valence electrons. The average Bonchev–Trinajstić information content (AvgIpc) is 2.27. The number of halogens is 2. The molecule has 2 unspecified atom stereocenters. The van der Waals surface area contributed by atoms with Crippen LogP contribution >= 0.6 is 24.8 Å². The number of hydrogen-bond donors (Lipinski definition) is 2. The third-order valence-electron chi connectivity index (χ3n) is 3.29. The van der Waals surface area contributed by atoms with Gasteiger partial charge < -0.3 is 15.8 Å². The van der Waals surface area contributed by atoms with Crippen molar-refractivity contribution in [2.24, 2.45) is 5.73 Å². The zero-order valence-electron chi connectivity index (χ0n) is 12.1. The largest absolute Gasteiger partial charge is 0.379 e. The van der Waals surface area contributed by atoms with Crippen LogP contribution in [-0.4, -0.2) is 54.7 Å². The predicted octanol–water partition coefficient (Wildman–Crippen LogP) is 0.793. The van der Waals surface area contributed by atoms with Crippen molar-refractivity contribution in [2.75, 3.05) is 26.3 Å². The molecular formula is C12H27Cl2N3O2. The van der Waals surface area contributed by atoms with E-state index in [0.29, 0.717) is 6.04 Å². The van der Waals surface area contributed by atoms with Crippen LogP contribution in [0, 0.1) is 0 Å². The molecule has 1 amide bonds. The molecular weight excluding hydrogens is 289 g/mol. The number of morpholine rings is 1. The van der Waals surface area contributed by atoms with Crippen LogP contribution in [0.5, 0.6) is 0 Å². The number of nitrogens with two attached hydrogens (primary N) is 1. The van der Waals surface area contributed by atoms with Gasteiger partial charge >= 0.3 is 0 Å². The number of nitrogens with zero attached hydrogens (tertiary/aromatic N) is 1. The first-order valence-corrected chi connectivity index (χ1v) is 6.24. The lowest BCUT2D eigenvalue weighted by atomic mass is 10.0. The van der Waals surface area contributed by atoms with Crippen LogP contribution in [0.2, 0.25) is 0 Å². The summed E-state index contributed by atoms with van der Waals surface area (Å²) in [6.07, 6.45) is 0. The number of amides is 1. The standard InChI is InChI=1S/C12H25N3O2.2ClH/c1-9(14-11(16)12(3,4)13)10(2)15-5-7-17-8-6-15;;/h9-10H,5-8,13H2,1-4H3,(H,14,16);2*1H. The van der Waals surface area contributed by atoms with Gasteiger partial charge in [0.2, 0.25) is 5.91 Å². The number of hydrogen-bond acceptors (Lipinski definition) is 4. The highest BCUT2D eigenvalue weighted by Crippen LogP contribution is 2.08. The van der Waals surface area contributed by atoms with Gasteiger partial charge in [-0.1, -0.05) is 0 Å². The first kappa shape index (κ1) is 21.2. The van der Waals surface area contributed by atoms with Crippen molar-refractivity contribution < 1.29 is 9.53 Å². The number of rotatable bonds is 4. The third-order valence-corrected chi connectivity index (χ3v) is 3.29. The van der Waals surface area contributed by atoms with Crippen molar-refractivity contribution in [1.82, 2.24) is 10.2 Å². The Hall–Kier alpha value is -0.0700. The van der Waals surface area contributed by atoms with Crippen LogP contribution in [0.4, 0.5) is 0 Å². The van der Waals surface area contributed by atoms with E-state index in [1.54, 1.807) is 13.8 Å². The number of carbonyl (C=O) groups is 1. The summed E-state index contributed by atoms with van der Waals surface area (Å²) in [4.78, 5) is 14.1. The number of carbonyl (C=O) groups excluding carboxylic acids is 1. The molecule has 1 fully saturated rings. The Morgan fingerprint density at radius 1 is 1.26 bits per heavy atom. The highest BCUT2D eigenvalue weighted by Gasteiger charge is 2.27. The van der Waals surface area contributed by atoms with Gasteiger partial charge in [0.05, 0.1) is 18.8 Å². The molecule has 0 aliphatic carbocycles. The van der Waals surface area contributed by atoms with Crippen molar-refractivity contribution in [3.8, 4) is 0 Å². The van der Waals surface area contributed by atoms with Gasteiger partial charge in [-0.3, -0.25) is 9.69 Å². The molecule has 2 atom stereocenters. The quantitative estimate of drug-likeness (QED) is 0.805. The van der Waals surface area contributed by atoms with Crippen molar-refractivity contribution in [2.45, 2.75) is 45.3 Å². The Balaban J connectivity index is 0. The lowest BCUT2D eigenvalue weighted by Crippen LogP contribution is -2.57. The Morgan fingerprint density at radius 3 is 2.16 bits per heavy atom. The Morgan fingerprint density at radius 2 is 1.74 bits per heavy atom. The van der Waals surface area contributed by atoms with Crippen LogP contribution < -0.4 is 11.1 Å². The number of nitrogens with one attached hydrogen (secondary N) is 1. The molecule has 0 radical (unpaired) electrons.